The zero-order chi connectivity index (χ0) is 15.9. The van der Waals surface area contributed by atoms with Crippen LogP contribution in [-0.2, 0) is 12.6 Å². The molecule has 22 heavy (non-hydrogen) atoms. The van der Waals surface area contributed by atoms with Gasteiger partial charge in [-0.05, 0) is 24.1 Å². The van der Waals surface area contributed by atoms with Gasteiger partial charge in [0.2, 0.25) is 5.89 Å². The molecule has 1 aromatic carbocycles. The first-order valence-corrected chi connectivity index (χ1v) is 6.88. The Morgan fingerprint density at radius 2 is 2.05 bits per heavy atom. The largest absolute Gasteiger partial charge is 0.436 e. The van der Waals surface area contributed by atoms with Gasteiger partial charge in [-0.2, -0.15) is 13.2 Å². The first kappa shape index (κ1) is 14.8. The third kappa shape index (κ3) is 2.54. The summed E-state index contributed by atoms with van der Waals surface area (Å²) >= 11 is 5.68. The molecule has 0 aliphatic carbocycles. The van der Waals surface area contributed by atoms with E-state index in [1.165, 1.54) is 0 Å². The lowest BCUT2D eigenvalue weighted by Crippen LogP contribution is -2.05. The van der Waals surface area contributed by atoms with Crippen LogP contribution in [0, 0.1) is 0 Å². The van der Waals surface area contributed by atoms with Gasteiger partial charge in [-0.15, -0.1) is 0 Å². The summed E-state index contributed by atoms with van der Waals surface area (Å²) < 4.78 is 44.2. The summed E-state index contributed by atoms with van der Waals surface area (Å²) in [7, 11) is 0. The van der Waals surface area contributed by atoms with E-state index in [9.17, 15) is 13.2 Å². The van der Waals surface area contributed by atoms with E-state index in [-0.39, 0.29) is 17.0 Å². The Balaban J connectivity index is 2.18. The summed E-state index contributed by atoms with van der Waals surface area (Å²) in [6.45, 7) is 1.95. The van der Waals surface area contributed by atoms with E-state index in [1.54, 1.807) is 18.5 Å². The van der Waals surface area contributed by atoms with E-state index in [1.807, 2.05) is 6.92 Å². The predicted octanol–water partition coefficient (Wildman–Crippen LogP) is 5.12. The van der Waals surface area contributed by atoms with Gasteiger partial charge in [0.25, 0.3) is 0 Å². The van der Waals surface area contributed by atoms with Crippen LogP contribution in [0.15, 0.2) is 35.0 Å². The Labute approximate surface area is 128 Å². The number of fused-ring (bicyclic) bond motifs is 1. The van der Waals surface area contributed by atoms with Crippen molar-refractivity contribution in [3.63, 3.8) is 0 Å². The average Bonchev–Trinajstić information content (AvgIpc) is 2.87. The Bertz CT molecular complexity index is 842. The number of nitrogens with zero attached hydrogens (tertiary/aromatic N) is 2. The Hall–Kier alpha value is -2.08. The zero-order valence-corrected chi connectivity index (χ0v) is 12.2. The van der Waals surface area contributed by atoms with Crippen LogP contribution >= 0.6 is 11.6 Å². The zero-order valence-electron chi connectivity index (χ0n) is 11.4. The van der Waals surface area contributed by atoms with Gasteiger partial charge in [-0.1, -0.05) is 18.5 Å². The third-order valence-electron chi connectivity index (χ3n) is 3.30. The molecule has 0 saturated carbocycles. The smallest absolute Gasteiger partial charge is 0.417 e. The van der Waals surface area contributed by atoms with Gasteiger partial charge in [-0.25, -0.2) is 4.98 Å². The number of halogens is 4. The second-order valence-corrected chi connectivity index (χ2v) is 5.11. The lowest BCUT2D eigenvalue weighted by atomic mass is 10.1. The van der Waals surface area contributed by atoms with Crippen LogP contribution < -0.4 is 0 Å². The van der Waals surface area contributed by atoms with E-state index in [0.717, 1.165) is 17.7 Å². The minimum absolute atomic E-state index is 0.116. The van der Waals surface area contributed by atoms with Crippen LogP contribution in [0.5, 0.6) is 0 Å². The SMILES string of the molecule is CCc1cnccc1-c1nc2cc(C(F)(F)F)c(Cl)cc2o1. The highest BCUT2D eigenvalue weighted by Gasteiger charge is 2.34. The van der Waals surface area contributed by atoms with Crippen molar-refractivity contribution in [2.24, 2.45) is 0 Å². The quantitative estimate of drug-likeness (QED) is 0.655. The first-order chi connectivity index (χ1) is 10.4. The highest BCUT2D eigenvalue weighted by molar-refractivity contribution is 6.32. The lowest BCUT2D eigenvalue weighted by Gasteiger charge is -2.07. The number of hydrogen-bond acceptors (Lipinski definition) is 3. The second-order valence-electron chi connectivity index (χ2n) is 4.70. The maximum Gasteiger partial charge on any atom is 0.417 e. The van der Waals surface area contributed by atoms with E-state index in [4.69, 9.17) is 16.0 Å². The Morgan fingerprint density at radius 3 is 2.73 bits per heavy atom. The molecule has 114 valence electrons. The average molecular weight is 327 g/mol. The van der Waals surface area contributed by atoms with Crippen molar-refractivity contribution in [1.82, 2.24) is 9.97 Å². The van der Waals surface area contributed by atoms with Gasteiger partial charge in [0, 0.05) is 24.0 Å². The van der Waals surface area contributed by atoms with Gasteiger partial charge in [-0.3, -0.25) is 4.98 Å². The Morgan fingerprint density at radius 1 is 1.27 bits per heavy atom. The van der Waals surface area contributed by atoms with Crippen molar-refractivity contribution in [2.45, 2.75) is 19.5 Å². The fourth-order valence-electron chi connectivity index (χ4n) is 2.20. The monoisotopic (exact) mass is 326 g/mol. The molecule has 3 nitrogen and oxygen atoms in total. The van der Waals surface area contributed by atoms with Crippen LogP contribution in [0.1, 0.15) is 18.1 Å². The van der Waals surface area contributed by atoms with Crippen LogP contribution in [0.3, 0.4) is 0 Å². The van der Waals surface area contributed by atoms with E-state index in [0.29, 0.717) is 12.0 Å². The highest BCUT2D eigenvalue weighted by Crippen LogP contribution is 2.38. The number of benzene rings is 1. The summed E-state index contributed by atoms with van der Waals surface area (Å²) in [5.74, 6) is 0.254. The molecule has 0 fully saturated rings. The van der Waals surface area contributed by atoms with Gasteiger partial charge in [0.1, 0.15) is 5.52 Å². The van der Waals surface area contributed by atoms with Crippen molar-refractivity contribution in [1.29, 1.82) is 0 Å². The minimum Gasteiger partial charge on any atom is -0.436 e. The van der Waals surface area contributed by atoms with E-state index < -0.39 is 16.8 Å². The molecule has 3 aromatic rings. The minimum atomic E-state index is -4.53. The molecule has 0 bridgehead atoms. The molecule has 3 rings (SSSR count). The first-order valence-electron chi connectivity index (χ1n) is 6.50. The molecule has 0 spiro atoms. The number of oxazole rings is 1. The van der Waals surface area contributed by atoms with Crippen LogP contribution in [0.4, 0.5) is 13.2 Å². The molecule has 0 radical (unpaired) electrons. The van der Waals surface area contributed by atoms with Crippen molar-refractivity contribution in [2.75, 3.05) is 0 Å². The van der Waals surface area contributed by atoms with Crippen molar-refractivity contribution < 1.29 is 17.6 Å². The predicted molar refractivity (Wildman–Crippen MR) is 76.6 cm³/mol. The molecule has 0 amide bonds. The van der Waals surface area contributed by atoms with Crippen molar-refractivity contribution in [3.05, 3.63) is 46.7 Å². The van der Waals surface area contributed by atoms with Crippen molar-refractivity contribution >= 4 is 22.7 Å². The summed E-state index contributed by atoms with van der Waals surface area (Å²) in [6, 6.07) is 3.76. The van der Waals surface area contributed by atoms with Gasteiger partial charge < -0.3 is 4.42 Å². The van der Waals surface area contributed by atoms with E-state index in [2.05, 4.69) is 9.97 Å². The van der Waals surface area contributed by atoms with Crippen molar-refractivity contribution in [3.8, 4) is 11.5 Å². The van der Waals surface area contributed by atoms with Crippen LogP contribution in [-0.4, -0.2) is 9.97 Å². The molecule has 7 heteroatoms. The number of alkyl halides is 3. The third-order valence-corrected chi connectivity index (χ3v) is 3.61. The number of aryl methyl sites for hydroxylation is 1. The van der Waals surface area contributed by atoms with Gasteiger partial charge in [0.05, 0.1) is 10.6 Å². The molecule has 2 heterocycles. The van der Waals surface area contributed by atoms with Crippen LogP contribution in [0.25, 0.3) is 22.6 Å². The molecule has 0 atom stereocenters. The molecule has 0 N–H and O–H groups in total. The highest BCUT2D eigenvalue weighted by atomic mass is 35.5. The summed E-state index contributed by atoms with van der Waals surface area (Å²) in [5, 5.41) is -0.409. The van der Waals surface area contributed by atoms with Gasteiger partial charge in [0.15, 0.2) is 5.58 Å². The fourth-order valence-corrected chi connectivity index (χ4v) is 2.46. The van der Waals surface area contributed by atoms with Crippen LogP contribution in [0.2, 0.25) is 5.02 Å². The number of rotatable bonds is 2. The maximum absolute atomic E-state index is 12.9. The normalized spacial score (nSPS) is 12.0. The van der Waals surface area contributed by atoms with E-state index >= 15 is 0 Å². The summed E-state index contributed by atoms with van der Waals surface area (Å²) in [4.78, 5) is 8.17. The molecule has 0 unspecified atom stereocenters. The topological polar surface area (TPSA) is 38.9 Å². The fraction of sp³-hybridized carbons (Fsp3) is 0.200. The Kier molecular flexibility index (Phi) is 3.56. The second kappa shape index (κ2) is 5.28. The van der Waals surface area contributed by atoms with Gasteiger partial charge >= 0.3 is 6.18 Å². The lowest BCUT2D eigenvalue weighted by molar-refractivity contribution is -0.137. The molecule has 0 saturated heterocycles. The summed E-state index contributed by atoms with van der Waals surface area (Å²) in [5.41, 5.74) is 1.01. The standard InChI is InChI=1S/C15H10ClF3N2O/c1-2-8-7-20-4-3-9(8)14-21-12-5-10(15(17,18)19)11(16)6-13(12)22-14/h3-7H,2H2,1H3. The molecule has 0 aliphatic heterocycles. The molecular weight excluding hydrogens is 317 g/mol. The molecule has 0 aliphatic rings. The number of pyridine rings is 1. The molecule has 2 aromatic heterocycles. The number of hydrogen-bond donors (Lipinski definition) is 0. The maximum atomic E-state index is 12.9. The summed E-state index contributed by atoms with van der Waals surface area (Å²) in [6.07, 6.45) is -0.568. The number of aromatic nitrogens is 2. The molecular formula is C15H10ClF3N2O.